The average Bonchev–Trinajstić information content (AvgIpc) is 2.25. The molecule has 4 nitrogen and oxygen atoms in total. The van der Waals surface area contributed by atoms with E-state index in [1.807, 2.05) is 19.9 Å². The number of ether oxygens (including phenoxy) is 1. The molecule has 0 saturated heterocycles. The van der Waals surface area contributed by atoms with Crippen LogP contribution in [0.25, 0.3) is 0 Å². The molecule has 0 aliphatic carbocycles. The Morgan fingerprint density at radius 1 is 1.24 bits per heavy atom. The Hall–Kier alpha value is -1.07. The fraction of sp³-hybridized carbons (Fsp3) is 0.583. The lowest BCUT2D eigenvalue weighted by Crippen LogP contribution is -2.49. The Morgan fingerprint density at radius 2 is 1.88 bits per heavy atom. The summed E-state index contributed by atoms with van der Waals surface area (Å²) in [6, 6.07) is 1.87. The summed E-state index contributed by atoms with van der Waals surface area (Å²) >= 11 is 0. The van der Waals surface area contributed by atoms with Crippen molar-refractivity contribution in [3.63, 3.8) is 0 Å². The predicted molar refractivity (Wildman–Crippen MR) is 69.0 cm³/mol. The third-order valence-electron chi connectivity index (χ3n) is 3.08. The Labute approximate surface area is 103 Å². The SMILES string of the molecule is COc1cncc(BOC(C)(C)C(C)(C)O)c1. The smallest absolute Gasteiger partial charge is 0.311 e. The van der Waals surface area contributed by atoms with Crippen LogP contribution in [-0.4, -0.2) is 35.9 Å². The van der Waals surface area contributed by atoms with E-state index in [0.29, 0.717) is 13.2 Å². The van der Waals surface area contributed by atoms with Gasteiger partial charge in [0, 0.05) is 6.20 Å². The quantitative estimate of drug-likeness (QED) is 0.763. The summed E-state index contributed by atoms with van der Waals surface area (Å²) in [6.07, 6.45) is 3.37. The third-order valence-corrected chi connectivity index (χ3v) is 3.08. The number of aromatic nitrogens is 1. The van der Waals surface area contributed by atoms with Gasteiger partial charge >= 0.3 is 7.48 Å². The maximum atomic E-state index is 9.96. The second-order valence-electron chi connectivity index (χ2n) is 5.09. The molecule has 0 bridgehead atoms. The average molecular weight is 237 g/mol. The topological polar surface area (TPSA) is 51.6 Å². The predicted octanol–water partition coefficient (Wildman–Crippen LogP) is 0.633. The molecule has 94 valence electrons. The first-order chi connectivity index (χ1) is 7.76. The molecule has 0 spiro atoms. The van der Waals surface area contributed by atoms with Gasteiger partial charge in [0.15, 0.2) is 0 Å². The van der Waals surface area contributed by atoms with Crippen LogP contribution in [-0.2, 0) is 4.65 Å². The minimum atomic E-state index is -0.903. The van der Waals surface area contributed by atoms with Crippen molar-refractivity contribution in [3.8, 4) is 5.75 Å². The summed E-state index contributed by atoms with van der Waals surface area (Å²) in [6.45, 7) is 7.19. The van der Waals surface area contributed by atoms with Gasteiger partial charge in [-0.05, 0) is 39.2 Å². The second kappa shape index (κ2) is 5.06. The first-order valence-electron chi connectivity index (χ1n) is 5.60. The lowest BCUT2D eigenvalue weighted by molar-refractivity contribution is -0.0893. The van der Waals surface area contributed by atoms with E-state index < -0.39 is 11.2 Å². The third kappa shape index (κ3) is 3.72. The van der Waals surface area contributed by atoms with Crippen LogP contribution in [0.3, 0.4) is 0 Å². The van der Waals surface area contributed by atoms with E-state index in [-0.39, 0.29) is 0 Å². The molecule has 0 fully saturated rings. The van der Waals surface area contributed by atoms with E-state index in [1.165, 1.54) is 0 Å². The van der Waals surface area contributed by atoms with E-state index in [2.05, 4.69) is 4.98 Å². The van der Waals surface area contributed by atoms with E-state index in [0.717, 1.165) is 5.46 Å². The summed E-state index contributed by atoms with van der Waals surface area (Å²) in [5.41, 5.74) is -0.614. The Balaban J connectivity index is 2.67. The van der Waals surface area contributed by atoms with Crippen LogP contribution in [0, 0.1) is 0 Å². The van der Waals surface area contributed by atoms with Gasteiger partial charge in [-0.1, -0.05) is 0 Å². The molecule has 5 heteroatoms. The first kappa shape index (κ1) is 14.0. The summed E-state index contributed by atoms with van der Waals surface area (Å²) in [5.74, 6) is 0.701. The molecule has 17 heavy (non-hydrogen) atoms. The first-order valence-corrected chi connectivity index (χ1v) is 5.60. The van der Waals surface area contributed by atoms with Gasteiger partial charge in [-0.15, -0.1) is 0 Å². The van der Waals surface area contributed by atoms with Crippen LogP contribution in [0.4, 0.5) is 0 Å². The number of hydrogen-bond donors (Lipinski definition) is 1. The molecule has 1 heterocycles. The highest BCUT2D eigenvalue weighted by atomic mass is 16.5. The van der Waals surface area contributed by atoms with Gasteiger partial charge in [-0.2, -0.15) is 0 Å². The number of hydrogen-bond acceptors (Lipinski definition) is 4. The molecule has 0 saturated carbocycles. The van der Waals surface area contributed by atoms with Crippen molar-refractivity contribution in [2.75, 3.05) is 7.11 Å². The van der Waals surface area contributed by atoms with Crippen molar-refractivity contribution in [2.24, 2.45) is 0 Å². The number of nitrogens with zero attached hydrogens (tertiary/aromatic N) is 1. The Kier molecular flexibility index (Phi) is 4.17. The van der Waals surface area contributed by atoms with Crippen molar-refractivity contribution >= 4 is 12.9 Å². The number of methoxy groups -OCH3 is 1. The van der Waals surface area contributed by atoms with Gasteiger partial charge in [0.2, 0.25) is 0 Å². The fourth-order valence-electron chi connectivity index (χ4n) is 1.09. The molecular weight excluding hydrogens is 217 g/mol. The molecule has 0 unspecified atom stereocenters. The zero-order valence-electron chi connectivity index (χ0n) is 11.2. The van der Waals surface area contributed by atoms with Crippen LogP contribution in [0.1, 0.15) is 27.7 Å². The monoisotopic (exact) mass is 237 g/mol. The lowest BCUT2D eigenvalue weighted by atomic mass is 9.83. The van der Waals surface area contributed by atoms with E-state index in [4.69, 9.17) is 9.39 Å². The van der Waals surface area contributed by atoms with Crippen molar-refractivity contribution in [1.29, 1.82) is 0 Å². The molecule has 1 aromatic rings. The lowest BCUT2D eigenvalue weighted by Gasteiger charge is -2.37. The molecule has 0 aliphatic rings. The van der Waals surface area contributed by atoms with Crippen molar-refractivity contribution < 1.29 is 14.5 Å². The molecule has 1 N–H and O–H groups in total. The maximum Gasteiger partial charge on any atom is 0.311 e. The molecule has 0 atom stereocenters. The van der Waals surface area contributed by atoms with Gasteiger partial charge < -0.3 is 14.5 Å². The highest BCUT2D eigenvalue weighted by Gasteiger charge is 2.35. The molecule has 0 amide bonds. The minimum Gasteiger partial charge on any atom is -0.495 e. The van der Waals surface area contributed by atoms with Crippen LogP contribution >= 0.6 is 0 Å². The van der Waals surface area contributed by atoms with Crippen molar-refractivity contribution in [3.05, 3.63) is 18.5 Å². The van der Waals surface area contributed by atoms with Crippen molar-refractivity contribution in [1.82, 2.24) is 4.98 Å². The molecule has 0 aliphatic heterocycles. The molecule has 0 radical (unpaired) electrons. The van der Waals surface area contributed by atoms with Crippen molar-refractivity contribution in [2.45, 2.75) is 38.9 Å². The van der Waals surface area contributed by atoms with Crippen LogP contribution in [0.15, 0.2) is 18.5 Å². The number of aliphatic hydroxyl groups is 1. The van der Waals surface area contributed by atoms with E-state index in [1.54, 1.807) is 33.4 Å². The van der Waals surface area contributed by atoms with E-state index >= 15 is 0 Å². The zero-order valence-corrected chi connectivity index (χ0v) is 11.2. The van der Waals surface area contributed by atoms with Gasteiger partial charge in [0.1, 0.15) is 5.75 Å². The normalized spacial score (nSPS) is 12.4. The Morgan fingerprint density at radius 3 is 2.41 bits per heavy atom. The van der Waals surface area contributed by atoms with Gasteiger partial charge in [0.25, 0.3) is 0 Å². The van der Waals surface area contributed by atoms with Crippen LogP contribution in [0.2, 0.25) is 0 Å². The summed E-state index contributed by atoms with van der Waals surface area (Å²) < 4.78 is 10.8. The van der Waals surface area contributed by atoms with Gasteiger partial charge in [-0.3, -0.25) is 4.98 Å². The number of pyridine rings is 1. The van der Waals surface area contributed by atoms with Gasteiger partial charge in [-0.25, -0.2) is 0 Å². The number of rotatable bonds is 5. The molecule has 0 aromatic carbocycles. The second-order valence-corrected chi connectivity index (χ2v) is 5.09. The Bertz CT molecular complexity index is 374. The fourth-order valence-corrected chi connectivity index (χ4v) is 1.09. The summed E-state index contributed by atoms with van der Waals surface area (Å²) in [5, 5.41) is 9.96. The molecular formula is C12H20BNO3. The van der Waals surface area contributed by atoms with Crippen LogP contribution < -0.4 is 10.2 Å². The highest BCUT2D eigenvalue weighted by molar-refractivity contribution is 6.47. The molecule has 1 rings (SSSR count). The minimum absolute atomic E-state index is 0.390. The van der Waals surface area contributed by atoms with E-state index in [9.17, 15) is 5.11 Å². The van der Waals surface area contributed by atoms with Gasteiger partial charge in [0.05, 0.1) is 24.5 Å². The summed E-state index contributed by atoms with van der Waals surface area (Å²) in [7, 11) is 1.99. The maximum absolute atomic E-state index is 9.96. The standard InChI is InChI=1S/C12H20BNO3/c1-11(2,15)12(3,4)17-13-9-6-10(16-5)8-14-7-9/h6-8,13,15H,1-5H3. The largest absolute Gasteiger partial charge is 0.495 e. The highest BCUT2D eigenvalue weighted by Crippen LogP contribution is 2.24. The molecule has 1 aromatic heterocycles. The summed E-state index contributed by atoms with van der Waals surface area (Å²) in [4.78, 5) is 4.05. The zero-order chi connectivity index (χ0) is 13.1. The van der Waals surface area contributed by atoms with Crippen LogP contribution in [0.5, 0.6) is 5.75 Å².